The molecule has 0 aliphatic rings. The molecule has 0 rings (SSSR count). The molecule has 0 spiro atoms. The van der Waals surface area contributed by atoms with Gasteiger partial charge in [-0.2, -0.15) is 0 Å². The van der Waals surface area contributed by atoms with Crippen molar-refractivity contribution in [2.75, 3.05) is 13.2 Å². The van der Waals surface area contributed by atoms with Gasteiger partial charge in [-0.05, 0) is 89.9 Å². The van der Waals surface area contributed by atoms with Crippen molar-refractivity contribution in [3.63, 3.8) is 0 Å². The van der Waals surface area contributed by atoms with Crippen molar-refractivity contribution < 1.29 is 28.6 Å². The first-order valence-corrected chi connectivity index (χ1v) is 30.8. The van der Waals surface area contributed by atoms with E-state index in [1.165, 1.54) is 193 Å². The maximum atomic E-state index is 12.9. The van der Waals surface area contributed by atoms with Crippen molar-refractivity contribution >= 4 is 17.9 Å². The smallest absolute Gasteiger partial charge is 0.306 e. The Morgan fingerprint density at radius 1 is 0.282 bits per heavy atom. The van der Waals surface area contributed by atoms with Gasteiger partial charge in [0.05, 0.1) is 0 Å². The van der Waals surface area contributed by atoms with Gasteiger partial charge in [0.2, 0.25) is 0 Å². The molecule has 0 saturated carbocycles. The molecule has 0 aliphatic carbocycles. The van der Waals surface area contributed by atoms with E-state index < -0.39 is 6.10 Å². The molecule has 0 radical (unpaired) electrons. The van der Waals surface area contributed by atoms with Crippen molar-refractivity contribution in [3.05, 3.63) is 60.8 Å². The lowest BCUT2D eigenvalue weighted by Crippen LogP contribution is -2.30. The summed E-state index contributed by atoms with van der Waals surface area (Å²) in [6, 6.07) is 0. The molecule has 6 heteroatoms. The van der Waals surface area contributed by atoms with Crippen LogP contribution < -0.4 is 0 Å². The highest BCUT2D eigenvalue weighted by molar-refractivity contribution is 5.71. The second-order valence-electron chi connectivity index (χ2n) is 20.6. The largest absolute Gasteiger partial charge is 0.462 e. The summed E-state index contributed by atoms with van der Waals surface area (Å²) in [5.41, 5.74) is 0. The second-order valence-corrected chi connectivity index (χ2v) is 20.6. The van der Waals surface area contributed by atoms with Crippen LogP contribution in [0.3, 0.4) is 0 Å². The molecular formula is C65H116O6. The zero-order valence-corrected chi connectivity index (χ0v) is 47.2. The van der Waals surface area contributed by atoms with Gasteiger partial charge in [0, 0.05) is 19.3 Å². The Kier molecular flexibility index (Phi) is 57.2. The zero-order valence-electron chi connectivity index (χ0n) is 47.2. The molecule has 0 aromatic rings. The first kappa shape index (κ1) is 68.1. The Morgan fingerprint density at radius 2 is 0.507 bits per heavy atom. The fraction of sp³-hybridized carbons (Fsp3) is 0.800. The lowest BCUT2D eigenvalue weighted by atomic mass is 10.0. The molecule has 0 unspecified atom stereocenters. The van der Waals surface area contributed by atoms with E-state index in [1.54, 1.807) is 0 Å². The highest BCUT2D eigenvalue weighted by Gasteiger charge is 2.19. The molecular weight excluding hydrogens is 877 g/mol. The molecule has 0 aliphatic heterocycles. The molecule has 412 valence electrons. The van der Waals surface area contributed by atoms with Crippen LogP contribution in [0, 0.1) is 0 Å². The van der Waals surface area contributed by atoms with E-state index in [2.05, 4.69) is 81.5 Å². The third-order valence-electron chi connectivity index (χ3n) is 13.5. The lowest BCUT2D eigenvalue weighted by Gasteiger charge is -2.18. The summed E-state index contributed by atoms with van der Waals surface area (Å²) in [4.78, 5) is 38.2. The minimum absolute atomic E-state index is 0.0819. The van der Waals surface area contributed by atoms with Crippen molar-refractivity contribution in [1.29, 1.82) is 0 Å². The SMILES string of the molecule is CCCCC/C=C\C/C=C\C/C=C\C/C=C\CCCCCC(=O)OC[C@H](COC(=O)CCCCCCCCCCCCC/C=C\CCCCCCCC)OC(=O)CCCCCCCCCCCCCCC. The van der Waals surface area contributed by atoms with Gasteiger partial charge in [-0.1, -0.05) is 268 Å². The number of rotatable bonds is 56. The predicted molar refractivity (Wildman–Crippen MR) is 307 cm³/mol. The molecule has 6 nitrogen and oxygen atoms in total. The highest BCUT2D eigenvalue weighted by atomic mass is 16.6. The number of allylic oxidation sites excluding steroid dienone is 10. The Labute approximate surface area is 440 Å². The summed E-state index contributed by atoms with van der Waals surface area (Å²) in [5, 5.41) is 0. The van der Waals surface area contributed by atoms with E-state index in [4.69, 9.17) is 14.2 Å². The average molecular weight is 994 g/mol. The van der Waals surface area contributed by atoms with Crippen LogP contribution in [0.5, 0.6) is 0 Å². The molecule has 71 heavy (non-hydrogen) atoms. The van der Waals surface area contributed by atoms with Gasteiger partial charge >= 0.3 is 17.9 Å². The van der Waals surface area contributed by atoms with Crippen molar-refractivity contribution in [2.45, 2.75) is 322 Å². The van der Waals surface area contributed by atoms with Crippen LogP contribution in [0.4, 0.5) is 0 Å². The fourth-order valence-corrected chi connectivity index (χ4v) is 8.83. The van der Waals surface area contributed by atoms with Gasteiger partial charge in [-0.3, -0.25) is 14.4 Å². The first-order valence-electron chi connectivity index (χ1n) is 30.8. The Balaban J connectivity index is 4.35. The monoisotopic (exact) mass is 993 g/mol. The van der Waals surface area contributed by atoms with Crippen LogP contribution in [0.25, 0.3) is 0 Å². The number of carbonyl (C=O) groups excluding carboxylic acids is 3. The first-order chi connectivity index (χ1) is 35.0. The fourth-order valence-electron chi connectivity index (χ4n) is 8.83. The molecule has 0 aromatic carbocycles. The summed E-state index contributed by atoms with van der Waals surface area (Å²) >= 11 is 0. The van der Waals surface area contributed by atoms with E-state index in [-0.39, 0.29) is 31.1 Å². The summed E-state index contributed by atoms with van der Waals surface area (Å²) in [6.45, 7) is 6.62. The van der Waals surface area contributed by atoms with Crippen molar-refractivity contribution in [2.24, 2.45) is 0 Å². The third kappa shape index (κ3) is 57.9. The molecule has 0 N–H and O–H groups in total. The summed E-state index contributed by atoms with van der Waals surface area (Å²) in [5.74, 6) is -0.899. The van der Waals surface area contributed by atoms with Gasteiger partial charge in [0.25, 0.3) is 0 Å². The second kappa shape index (κ2) is 59.7. The van der Waals surface area contributed by atoms with E-state index in [0.717, 1.165) is 83.5 Å². The van der Waals surface area contributed by atoms with E-state index in [1.807, 2.05) is 0 Å². The molecule has 0 saturated heterocycles. The topological polar surface area (TPSA) is 78.9 Å². The van der Waals surface area contributed by atoms with Crippen molar-refractivity contribution in [1.82, 2.24) is 0 Å². The Bertz CT molecular complexity index is 1280. The predicted octanol–water partition coefficient (Wildman–Crippen LogP) is 20.8. The van der Waals surface area contributed by atoms with Crippen LogP contribution in [0.1, 0.15) is 316 Å². The van der Waals surface area contributed by atoms with Crippen LogP contribution in [-0.4, -0.2) is 37.2 Å². The van der Waals surface area contributed by atoms with Crippen LogP contribution in [0.2, 0.25) is 0 Å². The van der Waals surface area contributed by atoms with E-state index in [0.29, 0.717) is 19.3 Å². The minimum Gasteiger partial charge on any atom is -0.462 e. The molecule has 1 atom stereocenters. The Morgan fingerprint density at radius 3 is 0.845 bits per heavy atom. The molecule has 0 fully saturated rings. The van der Waals surface area contributed by atoms with Crippen LogP contribution in [-0.2, 0) is 28.6 Å². The van der Waals surface area contributed by atoms with Gasteiger partial charge in [-0.25, -0.2) is 0 Å². The number of ether oxygens (including phenoxy) is 3. The van der Waals surface area contributed by atoms with Gasteiger partial charge in [0.1, 0.15) is 13.2 Å². The molecule has 0 aromatic heterocycles. The van der Waals surface area contributed by atoms with E-state index in [9.17, 15) is 14.4 Å². The number of hydrogen-bond donors (Lipinski definition) is 0. The van der Waals surface area contributed by atoms with Gasteiger partial charge in [-0.15, -0.1) is 0 Å². The lowest BCUT2D eigenvalue weighted by molar-refractivity contribution is -0.167. The summed E-state index contributed by atoms with van der Waals surface area (Å²) < 4.78 is 16.9. The maximum absolute atomic E-state index is 12.9. The molecule has 0 heterocycles. The number of hydrogen-bond acceptors (Lipinski definition) is 6. The third-order valence-corrected chi connectivity index (χ3v) is 13.5. The molecule has 0 bridgehead atoms. The molecule has 0 amide bonds. The van der Waals surface area contributed by atoms with E-state index >= 15 is 0 Å². The maximum Gasteiger partial charge on any atom is 0.306 e. The quantitative estimate of drug-likeness (QED) is 0.0261. The number of carbonyl (C=O) groups is 3. The summed E-state index contributed by atoms with van der Waals surface area (Å²) in [6.07, 6.45) is 75.0. The minimum atomic E-state index is -0.786. The number of unbranched alkanes of at least 4 members (excludes halogenated alkanes) is 35. The van der Waals surface area contributed by atoms with Crippen LogP contribution >= 0.6 is 0 Å². The van der Waals surface area contributed by atoms with Gasteiger partial charge < -0.3 is 14.2 Å². The highest BCUT2D eigenvalue weighted by Crippen LogP contribution is 2.16. The van der Waals surface area contributed by atoms with Crippen LogP contribution in [0.15, 0.2) is 60.8 Å². The zero-order chi connectivity index (χ0) is 51.4. The normalized spacial score (nSPS) is 12.4. The number of esters is 3. The van der Waals surface area contributed by atoms with Gasteiger partial charge in [0.15, 0.2) is 6.10 Å². The summed E-state index contributed by atoms with van der Waals surface area (Å²) in [7, 11) is 0. The van der Waals surface area contributed by atoms with Crippen molar-refractivity contribution in [3.8, 4) is 0 Å². The Hall–Kier alpha value is -2.89. The average Bonchev–Trinajstić information content (AvgIpc) is 3.37. The standard InChI is InChI=1S/C65H116O6/c1-4-7-10-13-16-19-22-25-27-29-31-32-34-36-38-41-43-46-49-52-55-58-64(67)70-61-62(71-65(68)59-56-53-50-47-44-39-24-21-18-15-12-9-6-3)60-69-63(66)57-54-51-48-45-42-40-37-35-33-30-28-26-23-20-17-14-11-8-5-2/h17,20,25-28,33,35,40,42,62H,4-16,18-19,21-24,29-32,34,36-39,41,43-61H2,1-3H3/b20-17-,27-25-,28-26-,35-33-,42-40-/t62-/m1/s1.